The lowest BCUT2D eigenvalue weighted by molar-refractivity contribution is -0.150. The molecule has 194 valence electrons. The molecule has 1 aliphatic rings. The van der Waals surface area contributed by atoms with Gasteiger partial charge in [-0.25, -0.2) is 0 Å². The third-order valence-corrected chi connectivity index (χ3v) is 5.47. The van der Waals surface area contributed by atoms with Crippen LogP contribution in [0.15, 0.2) is 47.6 Å². The lowest BCUT2D eigenvalue weighted by atomic mass is 9.82. The molecule has 0 saturated carbocycles. The molecule has 0 aromatic heterocycles. The van der Waals surface area contributed by atoms with Gasteiger partial charge in [-0.1, -0.05) is 23.7 Å². The summed E-state index contributed by atoms with van der Waals surface area (Å²) in [6.07, 6.45) is -4.94. The quantitative estimate of drug-likeness (QED) is 0.373. The second kappa shape index (κ2) is 10.7. The van der Waals surface area contributed by atoms with Gasteiger partial charge in [0.2, 0.25) is 5.91 Å². The number of nitrogens with zero attached hydrogens (tertiary/aromatic N) is 2. The predicted molar refractivity (Wildman–Crippen MR) is 121 cm³/mol. The van der Waals surface area contributed by atoms with Crippen molar-refractivity contribution in [3.63, 3.8) is 0 Å². The fraction of sp³-hybridized carbons (Fsp3) is 0.348. The van der Waals surface area contributed by atoms with Gasteiger partial charge in [-0.3, -0.25) is 14.6 Å². The number of alkyl halides is 5. The SMILES string of the molecule is CCOC(=O)C1(C)CN(CC(=O)Nc2ccc(C(F)(F)F)c(OC(F)F)c2)N=C1c1ccc(Cl)cc1. The van der Waals surface area contributed by atoms with Crippen LogP contribution >= 0.6 is 11.6 Å². The summed E-state index contributed by atoms with van der Waals surface area (Å²) in [6, 6.07) is 8.64. The van der Waals surface area contributed by atoms with Crippen molar-refractivity contribution in [1.82, 2.24) is 5.01 Å². The van der Waals surface area contributed by atoms with Gasteiger partial charge in [0.05, 0.1) is 24.4 Å². The topological polar surface area (TPSA) is 80.2 Å². The number of halogens is 6. The third-order valence-electron chi connectivity index (χ3n) is 5.22. The van der Waals surface area contributed by atoms with Crippen molar-refractivity contribution in [3.8, 4) is 5.75 Å². The fourth-order valence-electron chi connectivity index (χ4n) is 3.65. The molecule has 1 heterocycles. The number of benzene rings is 2. The molecule has 1 N–H and O–H groups in total. The number of esters is 1. The van der Waals surface area contributed by atoms with Gasteiger partial charge in [0.15, 0.2) is 0 Å². The van der Waals surface area contributed by atoms with Gasteiger partial charge in [0, 0.05) is 16.8 Å². The average molecular weight is 534 g/mol. The Bertz CT molecular complexity index is 1160. The van der Waals surface area contributed by atoms with Crippen LogP contribution in [0.4, 0.5) is 27.6 Å². The number of hydrogen-bond acceptors (Lipinski definition) is 6. The summed E-state index contributed by atoms with van der Waals surface area (Å²) >= 11 is 5.94. The molecule has 1 aliphatic heterocycles. The van der Waals surface area contributed by atoms with E-state index in [4.69, 9.17) is 16.3 Å². The molecule has 0 radical (unpaired) electrons. The molecule has 0 fully saturated rings. The summed E-state index contributed by atoms with van der Waals surface area (Å²) in [4.78, 5) is 25.4. The van der Waals surface area contributed by atoms with Gasteiger partial charge in [-0.2, -0.15) is 27.1 Å². The Morgan fingerprint density at radius 2 is 1.86 bits per heavy atom. The zero-order valence-corrected chi connectivity index (χ0v) is 19.8. The number of anilines is 1. The first-order chi connectivity index (χ1) is 16.8. The van der Waals surface area contributed by atoms with E-state index in [1.807, 2.05) is 0 Å². The number of carbonyl (C=O) groups excluding carboxylic acids is 2. The van der Waals surface area contributed by atoms with Crippen LogP contribution in [-0.2, 0) is 20.5 Å². The van der Waals surface area contributed by atoms with E-state index in [2.05, 4.69) is 15.2 Å². The third kappa shape index (κ3) is 6.23. The van der Waals surface area contributed by atoms with Crippen molar-refractivity contribution in [1.29, 1.82) is 0 Å². The number of nitrogens with one attached hydrogen (secondary N) is 1. The fourth-order valence-corrected chi connectivity index (χ4v) is 3.77. The number of carbonyl (C=O) groups is 2. The summed E-state index contributed by atoms with van der Waals surface area (Å²) in [5.41, 5.74) is -1.92. The van der Waals surface area contributed by atoms with Gasteiger partial charge in [-0.15, -0.1) is 0 Å². The second-order valence-corrected chi connectivity index (χ2v) is 8.40. The first-order valence-electron chi connectivity index (χ1n) is 10.6. The standard InChI is InChI=1S/C23H21ClF5N3O4/c1-3-35-20(34)22(2)12-32(31-19(22)13-4-6-14(24)7-5-13)11-18(33)30-15-8-9-16(23(27,28)29)17(10-15)36-21(25)26/h4-10,21H,3,11-12H2,1-2H3,(H,30,33). The highest BCUT2D eigenvalue weighted by molar-refractivity contribution is 6.30. The average Bonchev–Trinajstić information content (AvgIpc) is 3.10. The Morgan fingerprint density at radius 3 is 2.44 bits per heavy atom. The number of hydrazone groups is 1. The summed E-state index contributed by atoms with van der Waals surface area (Å²) in [5, 5.41) is 8.50. The molecular weight excluding hydrogens is 513 g/mol. The molecule has 0 saturated heterocycles. The minimum atomic E-state index is -4.94. The van der Waals surface area contributed by atoms with E-state index in [-0.39, 0.29) is 18.8 Å². The molecular formula is C23H21ClF5N3O4. The van der Waals surface area contributed by atoms with E-state index in [9.17, 15) is 31.5 Å². The van der Waals surface area contributed by atoms with Crippen LogP contribution in [0, 0.1) is 5.41 Å². The highest BCUT2D eigenvalue weighted by Crippen LogP contribution is 2.38. The van der Waals surface area contributed by atoms with Crippen molar-refractivity contribution in [2.45, 2.75) is 26.6 Å². The van der Waals surface area contributed by atoms with Crippen molar-refractivity contribution >= 4 is 34.9 Å². The predicted octanol–water partition coefficient (Wildman–Crippen LogP) is 5.19. The van der Waals surface area contributed by atoms with Crippen LogP contribution in [0.5, 0.6) is 5.75 Å². The Morgan fingerprint density at radius 1 is 1.19 bits per heavy atom. The summed E-state index contributed by atoms with van der Waals surface area (Å²) < 4.78 is 73.6. The van der Waals surface area contributed by atoms with Crippen molar-refractivity contribution in [3.05, 3.63) is 58.6 Å². The van der Waals surface area contributed by atoms with Crippen LogP contribution in [-0.4, -0.2) is 48.9 Å². The maximum absolute atomic E-state index is 13.1. The maximum Gasteiger partial charge on any atom is 0.419 e. The summed E-state index contributed by atoms with van der Waals surface area (Å²) in [6.45, 7) is -0.527. The summed E-state index contributed by atoms with van der Waals surface area (Å²) in [7, 11) is 0. The van der Waals surface area contributed by atoms with Gasteiger partial charge in [0.1, 0.15) is 17.7 Å². The largest absolute Gasteiger partial charge is 0.465 e. The Balaban J connectivity index is 1.81. The molecule has 2 aromatic rings. The lowest BCUT2D eigenvalue weighted by Crippen LogP contribution is -2.41. The Hall–Kier alpha value is -3.41. The molecule has 0 spiro atoms. The first-order valence-corrected chi connectivity index (χ1v) is 10.9. The summed E-state index contributed by atoms with van der Waals surface area (Å²) in [5.74, 6) is -2.40. The van der Waals surface area contributed by atoms with E-state index in [1.54, 1.807) is 38.1 Å². The number of amides is 1. The van der Waals surface area contributed by atoms with Crippen LogP contribution in [0.1, 0.15) is 25.0 Å². The van der Waals surface area contributed by atoms with Crippen LogP contribution in [0.2, 0.25) is 5.02 Å². The van der Waals surface area contributed by atoms with E-state index >= 15 is 0 Å². The van der Waals surface area contributed by atoms with E-state index in [0.29, 0.717) is 28.4 Å². The highest BCUT2D eigenvalue weighted by atomic mass is 35.5. The van der Waals surface area contributed by atoms with E-state index < -0.39 is 47.9 Å². The smallest absolute Gasteiger partial charge is 0.419 e. The van der Waals surface area contributed by atoms with Gasteiger partial charge in [-0.05, 0) is 43.7 Å². The zero-order chi connectivity index (χ0) is 26.7. The number of ether oxygens (including phenoxy) is 2. The molecule has 1 amide bonds. The maximum atomic E-state index is 13.1. The molecule has 1 unspecified atom stereocenters. The molecule has 0 bridgehead atoms. The molecule has 7 nitrogen and oxygen atoms in total. The van der Waals surface area contributed by atoms with Crippen LogP contribution in [0.3, 0.4) is 0 Å². The first kappa shape index (κ1) is 27.2. The minimum absolute atomic E-state index is 0.0238. The molecule has 0 aliphatic carbocycles. The molecule has 3 rings (SSSR count). The van der Waals surface area contributed by atoms with Gasteiger partial charge in [0.25, 0.3) is 0 Å². The van der Waals surface area contributed by atoms with Crippen molar-refractivity contribution in [2.24, 2.45) is 10.5 Å². The van der Waals surface area contributed by atoms with Crippen molar-refractivity contribution < 1.29 is 41.0 Å². The van der Waals surface area contributed by atoms with E-state index in [0.717, 1.165) is 6.07 Å². The monoisotopic (exact) mass is 533 g/mol. The second-order valence-electron chi connectivity index (χ2n) is 7.97. The lowest BCUT2D eigenvalue weighted by Gasteiger charge is -2.24. The van der Waals surface area contributed by atoms with Gasteiger partial charge < -0.3 is 14.8 Å². The number of hydrogen-bond donors (Lipinski definition) is 1. The minimum Gasteiger partial charge on any atom is -0.465 e. The van der Waals surface area contributed by atoms with Crippen LogP contribution in [0.25, 0.3) is 0 Å². The Kier molecular flexibility index (Phi) is 8.07. The normalized spacial score (nSPS) is 17.7. The van der Waals surface area contributed by atoms with Crippen molar-refractivity contribution in [2.75, 3.05) is 25.0 Å². The van der Waals surface area contributed by atoms with Crippen LogP contribution < -0.4 is 10.1 Å². The number of rotatable bonds is 8. The van der Waals surface area contributed by atoms with Gasteiger partial charge >= 0.3 is 18.8 Å². The highest BCUT2D eigenvalue weighted by Gasteiger charge is 2.47. The molecule has 2 aromatic carbocycles. The Labute approximate surface area is 207 Å². The molecule has 36 heavy (non-hydrogen) atoms. The zero-order valence-electron chi connectivity index (χ0n) is 19.0. The van der Waals surface area contributed by atoms with E-state index in [1.165, 1.54) is 5.01 Å². The molecule has 13 heteroatoms. The molecule has 1 atom stereocenters.